The maximum absolute atomic E-state index is 13.0. The molecule has 0 bridgehead atoms. The van der Waals surface area contributed by atoms with E-state index >= 15 is 0 Å². The summed E-state index contributed by atoms with van der Waals surface area (Å²) >= 11 is 0. The molecular weight excluding hydrogens is 205 g/mol. The summed E-state index contributed by atoms with van der Waals surface area (Å²) in [7, 11) is 1.72. The second-order valence-electron chi connectivity index (χ2n) is 3.96. The van der Waals surface area contributed by atoms with E-state index in [1.807, 2.05) is 12.1 Å². The highest BCUT2D eigenvalue weighted by molar-refractivity contribution is 5.23. The smallest absolute Gasteiger partial charge is 0.126 e. The number of halogens is 1. The lowest BCUT2D eigenvalue weighted by atomic mass is 10.1. The Bertz CT molecular complexity index is 315. The molecule has 90 valence electrons. The number of rotatable bonds is 7. The van der Waals surface area contributed by atoms with E-state index in [0.29, 0.717) is 5.56 Å². The van der Waals surface area contributed by atoms with E-state index in [9.17, 15) is 4.39 Å². The van der Waals surface area contributed by atoms with E-state index in [-0.39, 0.29) is 5.82 Å². The Morgan fingerprint density at radius 1 is 1.31 bits per heavy atom. The monoisotopic (exact) mass is 225 g/mol. The van der Waals surface area contributed by atoms with Gasteiger partial charge in [0.15, 0.2) is 0 Å². The molecule has 0 radical (unpaired) electrons. The number of methoxy groups -OCH3 is 1. The lowest BCUT2D eigenvalue weighted by molar-refractivity contribution is 0.192. The largest absolute Gasteiger partial charge is 0.385 e. The summed E-state index contributed by atoms with van der Waals surface area (Å²) in [6.45, 7) is 4.38. The first-order valence-electron chi connectivity index (χ1n) is 5.68. The van der Waals surface area contributed by atoms with Crippen LogP contribution >= 0.6 is 0 Å². The first kappa shape index (κ1) is 13.1. The molecule has 1 rings (SSSR count). The van der Waals surface area contributed by atoms with E-state index < -0.39 is 0 Å². The normalized spacial score (nSPS) is 10.7. The lowest BCUT2D eigenvalue weighted by Crippen LogP contribution is -2.15. The summed E-state index contributed by atoms with van der Waals surface area (Å²) in [4.78, 5) is 0. The third kappa shape index (κ3) is 4.73. The molecule has 3 heteroatoms. The zero-order valence-electron chi connectivity index (χ0n) is 10.1. The van der Waals surface area contributed by atoms with Gasteiger partial charge in [-0.25, -0.2) is 4.39 Å². The van der Waals surface area contributed by atoms with Crippen molar-refractivity contribution in [2.45, 2.75) is 26.3 Å². The molecule has 0 atom stereocenters. The first-order chi connectivity index (χ1) is 7.74. The third-order valence-corrected chi connectivity index (χ3v) is 2.50. The van der Waals surface area contributed by atoms with Crippen LogP contribution in [0.4, 0.5) is 4.39 Å². The summed E-state index contributed by atoms with van der Waals surface area (Å²) in [6.07, 6.45) is 2.18. The van der Waals surface area contributed by atoms with Gasteiger partial charge in [-0.1, -0.05) is 12.1 Å². The van der Waals surface area contributed by atoms with Crippen molar-refractivity contribution in [1.82, 2.24) is 5.32 Å². The molecule has 2 nitrogen and oxygen atoms in total. The SMILES string of the molecule is COCCCCNCc1ccc(F)c(C)c1. The van der Waals surface area contributed by atoms with E-state index in [1.165, 1.54) is 6.07 Å². The molecule has 0 heterocycles. The van der Waals surface area contributed by atoms with Gasteiger partial charge in [0, 0.05) is 20.3 Å². The number of benzene rings is 1. The summed E-state index contributed by atoms with van der Waals surface area (Å²) in [6, 6.07) is 5.24. The van der Waals surface area contributed by atoms with E-state index in [0.717, 1.165) is 38.1 Å². The van der Waals surface area contributed by atoms with Crippen molar-refractivity contribution in [3.63, 3.8) is 0 Å². The second-order valence-corrected chi connectivity index (χ2v) is 3.96. The Labute approximate surface area is 96.8 Å². The predicted molar refractivity (Wildman–Crippen MR) is 64.0 cm³/mol. The minimum absolute atomic E-state index is 0.135. The van der Waals surface area contributed by atoms with E-state index in [2.05, 4.69) is 5.32 Å². The number of unbranched alkanes of at least 4 members (excludes halogenated alkanes) is 1. The third-order valence-electron chi connectivity index (χ3n) is 2.50. The van der Waals surface area contributed by atoms with Gasteiger partial charge in [0.1, 0.15) is 5.82 Å². The number of ether oxygens (including phenoxy) is 1. The molecular formula is C13H20FNO. The van der Waals surface area contributed by atoms with E-state index in [1.54, 1.807) is 14.0 Å². The number of aryl methyl sites for hydroxylation is 1. The maximum Gasteiger partial charge on any atom is 0.126 e. The first-order valence-corrected chi connectivity index (χ1v) is 5.68. The average Bonchev–Trinajstić information content (AvgIpc) is 2.28. The quantitative estimate of drug-likeness (QED) is 0.720. The highest BCUT2D eigenvalue weighted by Crippen LogP contribution is 2.08. The van der Waals surface area contributed by atoms with Gasteiger partial charge in [-0.3, -0.25) is 0 Å². The van der Waals surface area contributed by atoms with Crippen molar-refractivity contribution in [1.29, 1.82) is 0 Å². The van der Waals surface area contributed by atoms with Crippen LogP contribution in [0.1, 0.15) is 24.0 Å². The Hall–Kier alpha value is -0.930. The molecule has 0 amide bonds. The molecule has 0 saturated heterocycles. The standard InChI is InChI=1S/C13H20FNO/c1-11-9-12(5-6-13(11)14)10-15-7-3-4-8-16-2/h5-6,9,15H,3-4,7-8,10H2,1-2H3. The number of hydrogen-bond donors (Lipinski definition) is 1. The van der Waals surface area contributed by atoms with Crippen molar-refractivity contribution < 1.29 is 9.13 Å². The zero-order chi connectivity index (χ0) is 11.8. The Balaban J connectivity index is 2.19. The molecule has 1 aromatic rings. The molecule has 0 fully saturated rings. The lowest BCUT2D eigenvalue weighted by Gasteiger charge is -2.06. The van der Waals surface area contributed by atoms with Gasteiger partial charge >= 0.3 is 0 Å². The summed E-state index contributed by atoms with van der Waals surface area (Å²) in [5, 5.41) is 3.33. The predicted octanol–water partition coefficient (Wildman–Crippen LogP) is 2.65. The van der Waals surface area contributed by atoms with Crippen LogP contribution in [0.25, 0.3) is 0 Å². The van der Waals surface area contributed by atoms with Gasteiger partial charge in [0.2, 0.25) is 0 Å². The molecule has 0 unspecified atom stereocenters. The summed E-state index contributed by atoms with van der Waals surface area (Å²) < 4.78 is 18.0. The Kier molecular flexibility index (Phi) is 6.04. The average molecular weight is 225 g/mol. The fraction of sp³-hybridized carbons (Fsp3) is 0.538. The van der Waals surface area contributed by atoms with Crippen LogP contribution in [0.15, 0.2) is 18.2 Å². The van der Waals surface area contributed by atoms with Gasteiger partial charge < -0.3 is 10.1 Å². The summed E-state index contributed by atoms with van der Waals surface area (Å²) in [5.74, 6) is -0.135. The van der Waals surface area contributed by atoms with Gasteiger partial charge in [0.25, 0.3) is 0 Å². The minimum Gasteiger partial charge on any atom is -0.385 e. The highest BCUT2D eigenvalue weighted by Gasteiger charge is 1.98. The zero-order valence-corrected chi connectivity index (χ0v) is 10.1. The van der Waals surface area contributed by atoms with Crippen molar-refractivity contribution in [3.8, 4) is 0 Å². The molecule has 0 aromatic heterocycles. The van der Waals surface area contributed by atoms with Crippen molar-refractivity contribution in [2.24, 2.45) is 0 Å². The van der Waals surface area contributed by atoms with Gasteiger partial charge in [-0.05, 0) is 43.5 Å². The fourth-order valence-electron chi connectivity index (χ4n) is 1.55. The van der Waals surface area contributed by atoms with Crippen LogP contribution in [0.5, 0.6) is 0 Å². The highest BCUT2D eigenvalue weighted by atomic mass is 19.1. The molecule has 0 aliphatic carbocycles. The molecule has 0 aliphatic heterocycles. The van der Waals surface area contributed by atoms with Crippen LogP contribution in [0, 0.1) is 12.7 Å². The molecule has 1 N–H and O–H groups in total. The molecule has 0 aliphatic rings. The minimum atomic E-state index is -0.135. The van der Waals surface area contributed by atoms with Crippen molar-refractivity contribution in [2.75, 3.05) is 20.3 Å². The van der Waals surface area contributed by atoms with Gasteiger partial charge in [-0.15, -0.1) is 0 Å². The molecule has 16 heavy (non-hydrogen) atoms. The number of nitrogens with one attached hydrogen (secondary N) is 1. The molecule has 0 saturated carbocycles. The van der Waals surface area contributed by atoms with Crippen LogP contribution in [0.2, 0.25) is 0 Å². The Morgan fingerprint density at radius 2 is 2.12 bits per heavy atom. The maximum atomic E-state index is 13.0. The second kappa shape index (κ2) is 7.36. The van der Waals surface area contributed by atoms with Crippen molar-refractivity contribution in [3.05, 3.63) is 35.1 Å². The topological polar surface area (TPSA) is 21.3 Å². The fourth-order valence-corrected chi connectivity index (χ4v) is 1.55. The van der Waals surface area contributed by atoms with Crippen LogP contribution in [0.3, 0.4) is 0 Å². The van der Waals surface area contributed by atoms with Crippen LogP contribution < -0.4 is 5.32 Å². The molecule has 1 aromatic carbocycles. The van der Waals surface area contributed by atoms with Crippen LogP contribution in [-0.4, -0.2) is 20.3 Å². The van der Waals surface area contributed by atoms with E-state index in [4.69, 9.17) is 4.74 Å². The summed E-state index contributed by atoms with van der Waals surface area (Å²) in [5.41, 5.74) is 1.84. The van der Waals surface area contributed by atoms with Crippen molar-refractivity contribution >= 4 is 0 Å². The Morgan fingerprint density at radius 3 is 2.81 bits per heavy atom. The molecule has 0 spiro atoms. The van der Waals surface area contributed by atoms with Gasteiger partial charge in [-0.2, -0.15) is 0 Å². The number of hydrogen-bond acceptors (Lipinski definition) is 2. The van der Waals surface area contributed by atoms with Gasteiger partial charge in [0.05, 0.1) is 0 Å². The van der Waals surface area contributed by atoms with Crippen LogP contribution in [-0.2, 0) is 11.3 Å².